The van der Waals surface area contributed by atoms with E-state index in [9.17, 15) is 19.2 Å². The van der Waals surface area contributed by atoms with Crippen LogP contribution in [0.1, 0.15) is 20.7 Å². The highest BCUT2D eigenvalue weighted by Gasteiger charge is 2.88. The number of hydrogen-bond donors (Lipinski definition) is 0. The summed E-state index contributed by atoms with van der Waals surface area (Å²) in [6.07, 6.45) is 0. The number of nitrogens with zero attached hydrogens (tertiary/aromatic N) is 2. The monoisotopic (exact) mass is 750 g/mol. The van der Waals surface area contributed by atoms with Crippen LogP contribution in [0.2, 0.25) is 10.0 Å². The Kier molecular flexibility index (Phi) is 7.57. The van der Waals surface area contributed by atoms with Crippen LogP contribution >= 0.6 is 109 Å². The number of benzene rings is 2. The molecule has 0 spiro atoms. The van der Waals surface area contributed by atoms with E-state index in [1.807, 2.05) is 0 Å². The number of amides is 3. The number of ketones is 1. The molecule has 1 saturated carbocycles. The van der Waals surface area contributed by atoms with E-state index >= 15 is 0 Å². The predicted molar refractivity (Wildman–Crippen MR) is 155 cm³/mol. The van der Waals surface area contributed by atoms with Gasteiger partial charge in [-0.2, -0.15) is 5.01 Å². The molecule has 3 amide bonds. The predicted octanol–water partition coefficient (Wildman–Crippen LogP) is 7.44. The Morgan fingerprint density at radius 3 is 1.85 bits per heavy atom. The Morgan fingerprint density at radius 2 is 1.36 bits per heavy atom. The van der Waals surface area contributed by atoms with Crippen LogP contribution in [-0.2, 0) is 9.59 Å². The van der Waals surface area contributed by atoms with Gasteiger partial charge in [0, 0.05) is 15.1 Å². The summed E-state index contributed by atoms with van der Waals surface area (Å²) in [4.78, 5) is 50.7. The lowest BCUT2D eigenvalue weighted by atomic mass is 9.84. The molecule has 204 valence electrons. The van der Waals surface area contributed by atoms with Gasteiger partial charge in [0.15, 0.2) is 10.1 Å². The molecule has 4 atom stereocenters. The molecule has 2 aliphatic carbocycles. The number of carbonyl (C=O) groups is 4. The third kappa shape index (κ3) is 3.95. The van der Waals surface area contributed by atoms with E-state index in [1.54, 1.807) is 12.1 Å². The zero-order valence-corrected chi connectivity index (χ0v) is 26.5. The minimum Gasteiger partial charge on any atom is -0.292 e. The zero-order chi connectivity index (χ0) is 28.8. The molecule has 39 heavy (non-hydrogen) atoms. The molecule has 2 fully saturated rings. The summed E-state index contributed by atoms with van der Waals surface area (Å²) in [5, 5.41) is 0.755. The first-order chi connectivity index (χ1) is 18.1. The van der Waals surface area contributed by atoms with Gasteiger partial charge < -0.3 is 0 Å². The van der Waals surface area contributed by atoms with Crippen LogP contribution in [0.5, 0.6) is 0 Å². The van der Waals surface area contributed by atoms with Crippen molar-refractivity contribution in [2.45, 2.75) is 14.1 Å². The Hall–Kier alpha value is -0.740. The average molecular weight is 755 g/mol. The highest BCUT2D eigenvalue weighted by Crippen LogP contribution is 2.77. The minimum atomic E-state index is -2.16. The smallest absolute Gasteiger partial charge is 0.274 e. The van der Waals surface area contributed by atoms with Gasteiger partial charge in [0.1, 0.15) is 16.3 Å². The number of fused-ring (bicyclic) bond motifs is 5. The largest absolute Gasteiger partial charge is 0.292 e. The van der Waals surface area contributed by atoms with Gasteiger partial charge in [-0.05, 0) is 30.3 Å². The van der Waals surface area contributed by atoms with Crippen LogP contribution in [0.15, 0.2) is 57.0 Å². The molecule has 0 radical (unpaired) electrons. The lowest BCUT2D eigenvalue weighted by Gasteiger charge is -2.36. The van der Waals surface area contributed by atoms with E-state index in [-0.39, 0.29) is 31.2 Å². The summed E-state index contributed by atoms with van der Waals surface area (Å²) < 4.78 is -1.45. The maximum atomic E-state index is 13.9. The number of hydrazine groups is 1. The van der Waals surface area contributed by atoms with E-state index in [4.69, 9.17) is 92.8 Å². The van der Waals surface area contributed by atoms with Crippen LogP contribution in [0.25, 0.3) is 0 Å². The molecule has 5 rings (SSSR count). The second kappa shape index (κ2) is 9.92. The van der Waals surface area contributed by atoms with Crippen LogP contribution in [0, 0.1) is 11.8 Å². The lowest BCUT2D eigenvalue weighted by molar-refractivity contribution is -0.154. The molecule has 0 aromatic heterocycles. The summed E-state index contributed by atoms with van der Waals surface area (Å²) >= 11 is 54.9. The Bertz CT molecular complexity index is 1470. The van der Waals surface area contributed by atoms with Crippen molar-refractivity contribution in [2.75, 3.05) is 6.54 Å². The quantitative estimate of drug-likeness (QED) is 0.181. The Balaban J connectivity index is 1.61. The minimum absolute atomic E-state index is 0.0798. The first-order valence-corrected chi connectivity index (χ1v) is 14.7. The van der Waals surface area contributed by atoms with Crippen molar-refractivity contribution >= 4 is 132 Å². The second-order valence-electron chi connectivity index (χ2n) is 8.99. The number of halogens is 9. The number of rotatable bonds is 5. The van der Waals surface area contributed by atoms with E-state index in [1.165, 1.54) is 30.3 Å². The van der Waals surface area contributed by atoms with Crippen molar-refractivity contribution in [1.82, 2.24) is 10.0 Å². The zero-order valence-electron chi connectivity index (χ0n) is 18.8. The third-order valence-electron chi connectivity index (χ3n) is 6.98. The molecule has 3 aliphatic rings. The number of imide groups is 1. The summed E-state index contributed by atoms with van der Waals surface area (Å²) in [6, 6.07) is 10.2. The fraction of sp³-hybridized carbons (Fsp3) is 0.250. The number of alkyl halides is 4. The summed E-state index contributed by atoms with van der Waals surface area (Å²) in [7, 11) is 0. The number of allylic oxidation sites excluding steroid dienone is 2. The fourth-order valence-electron chi connectivity index (χ4n) is 5.12. The van der Waals surface area contributed by atoms with Gasteiger partial charge in [-0.3, -0.25) is 19.2 Å². The van der Waals surface area contributed by atoms with Gasteiger partial charge in [-0.1, -0.05) is 97.7 Å². The molecule has 0 unspecified atom stereocenters. The summed E-state index contributed by atoms with van der Waals surface area (Å²) in [6.45, 7) is -0.733. The molecule has 1 aliphatic heterocycles. The Labute approximate surface area is 270 Å². The van der Waals surface area contributed by atoms with Crippen molar-refractivity contribution in [3.63, 3.8) is 0 Å². The number of carbonyl (C=O) groups excluding carboxylic acids is 4. The van der Waals surface area contributed by atoms with Crippen LogP contribution in [0.3, 0.4) is 0 Å². The van der Waals surface area contributed by atoms with Crippen LogP contribution in [-0.4, -0.2) is 54.1 Å². The average Bonchev–Trinajstić information content (AvgIpc) is 3.26. The van der Waals surface area contributed by atoms with E-state index < -0.39 is 56.0 Å². The van der Waals surface area contributed by atoms with Gasteiger partial charge in [0.2, 0.25) is 0 Å². The summed E-state index contributed by atoms with van der Waals surface area (Å²) in [5.41, 5.74) is 0.0678. The first-order valence-electron chi connectivity index (χ1n) is 10.9. The molecule has 2 aromatic carbocycles. The molecule has 1 heterocycles. The van der Waals surface area contributed by atoms with Gasteiger partial charge >= 0.3 is 0 Å². The van der Waals surface area contributed by atoms with Gasteiger partial charge in [-0.25, -0.2) is 5.01 Å². The SMILES string of the molecule is O=C(CN(C(=O)c1ccc(Cl)cc1Cl)N1C(=O)[C@H]2[C@H](C1=O)[C@@]1(Cl)C(Cl)=C(Cl)[C@@]2(Cl)C1(Cl)Cl)c1ccc(Br)cc1. The maximum absolute atomic E-state index is 13.9. The van der Waals surface area contributed by atoms with Crippen molar-refractivity contribution < 1.29 is 19.2 Å². The highest BCUT2D eigenvalue weighted by molar-refractivity contribution is 9.10. The summed E-state index contributed by atoms with van der Waals surface area (Å²) in [5.74, 6) is -6.56. The molecule has 15 heteroatoms. The van der Waals surface area contributed by atoms with E-state index in [0.717, 1.165) is 0 Å². The van der Waals surface area contributed by atoms with Crippen molar-refractivity contribution in [2.24, 2.45) is 11.8 Å². The van der Waals surface area contributed by atoms with Crippen molar-refractivity contribution in [3.8, 4) is 0 Å². The van der Waals surface area contributed by atoms with Crippen molar-refractivity contribution in [1.29, 1.82) is 0 Å². The standard InChI is InChI=1S/C24H11BrCl8N2O4/c25-10-3-1-9(2-4-10)14(36)8-34(19(37)12-6-5-11(26)7-13(12)27)35-20(38)15-16(21(35)39)23(31)18(29)17(28)22(15,30)24(23,32)33/h1-7,15-16H,8H2/t15-,16-,22-,23-/m1/s1. The molecular weight excluding hydrogens is 744 g/mol. The first kappa shape index (κ1) is 29.7. The van der Waals surface area contributed by atoms with Crippen LogP contribution in [0.4, 0.5) is 0 Å². The highest BCUT2D eigenvalue weighted by atomic mass is 79.9. The topological polar surface area (TPSA) is 74.8 Å². The third-order valence-corrected chi connectivity index (χ3v) is 12.3. The van der Waals surface area contributed by atoms with Gasteiger partial charge in [0.05, 0.1) is 32.5 Å². The molecule has 2 aromatic rings. The second-order valence-corrected chi connectivity index (χ2v) is 14.0. The molecule has 6 nitrogen and oxygen atoms in total. The van der Waals surface area contributed by atoms with Crippen LogP contribution < -0.4 is 0 Å². The molecule has 0 N–H and O–H groups in total. The molecule has 1 saturated heterocycles. The fourth-order valence-corrected chi connectivity index (χ4v) is 8.80. The lowest BCUT2D eigenvalue weighted by Crippen LogP contribution is -2.56. The number of hydrogen-bond acceptors (Lipinski definition) is 4. The normalized spacial score (nSPS) is 28.8. The molecule has 2 bridgehead atoms. The van der Waals surface area contributed by atoms with E-state index in [2.05, 4.69) is 15.9 Å². The van der Waals surface area contributed by atoms with E-state index in [0.29, 0.717) is 14.5 Å². The number of Topliss-reactive ketones (excluding diaryl/α,β-unsaturated/α-hetero) is 1. The maximum Gasteiger partial charge on any atom is 0.274 e. The van der Waals surface area contributed by atoms with Crippen molar-refractivity contribution in [3.05, 3.63) is 78.2 Å². The van der Waals surface area contributed by atoms with Gasteiger partial charge in [-0.15, -0.1) is 23.2 Å². The molecular formula is C24H11BrCl8N2O4. The van der Waals surface area contributed by atoms with Gasteiger partial charge in [0.25, 0.3) is 17.7 Å². The Morgan fingerprint density at radius 1 is 0.846 bits per heavy atom.